The Morgan fingerprint density at radius 3 is 2.66 bits per heavy atom. The molecule has 3 atom stereocenters. The van der Waals surface area contributed by atoms with Crippen molar-refractivity contribution in [2.24, 2.45) is 5.92 Å². The van der Waals surface area contributed by atoms with Crippen molar-refractivity contribution in [2.45, 2.75) is 56.5 Å². The molecule has 0 saturated heterocycles. The summed E-state index contributed by atoms with van der Waals surface area (Å²) >= 11 is 0. The molecule has 2 aromatic rings. The smallest absolute Gasteiger partial charge is 0.337 e. The van der Waals surface area contributed by atoms with E-state index >= 15 is 0 Å². The molecule has 0 bridgehead atoms. The maximum atomic E-state index is 12.1. The van der Waals surface area contributed by atoms with E-state index in [9.17, 15) is 9.90 Å². The van der Waals surface area contributed by atoms with Crippen LogP contribution in [0.2, 0.25) is 0 Å². The molecule has 1 N–H and O–H groups in total. The second-order valence-electron chi connectivity index (χ2n) is 8.86. The molecule has 3 heteroatoms. The number of carbonyl (C=O) groups excluding carboxylic acids is 1. The van der Waals surface area contributed by atoms with Gasteiger partial charge in [-0.3, -0.25) is 0 Å². The second kappa shape index (κ2) is 7.46. The van der Waals surface area contributed by atoms with Gasteiger partial charge in [-0.15, -0.1) is 0 Å². The van der Waals surface area contributed by atoms with E-state index in [0.29, 0.717) is 11.5 Å². The minimum atomic E-state index is -0.589. The van der Waals surface area contributed by atoms with Gasteiger partial charge in [-0.25, -0.2) is 4.79 Å². The van der Waals surface area contributed by atoms with Crippen molar-refractivity contribution < 1.29 is 14.6 Å². The van der Waals surface area contributed by atoms with Crippen LogP contribution in [-0.4, -0.2) is 23.8 Å². The Labute approximate surface area is 173 Å². The second-order valence-corrected chi connectivity index (χ2v) is 8.86. The van der Waals surface area contributed by atoms with Crippen LogP contribution < -0.4 is 0 Å². The number of ether oxygens (including phenoxy) is 1. The van der Waals surface area contributed by atoms with Crippen LogP contribution in [-0.2, 0) is 16.6 Å². The van der Waals surface area contributed by atoms with E-state index in [1.54, 1.807) is 0 Å². The Morgan fingerprint density at radius 2 is 1.97 bits per heavy atom. The highest BCUT2D eigenvalue weighted by atomic mass is 16.5. The Kier molecular flexibility index (Phi) is 5.12. The summed E-state index contributed by atoms with van der Waals surface area (Å²) in [4.78, 5) is 12.1. The van der Waals surface area contributed by atoms with Crippen molar-refractivity contribution in [2.75, 3.05) is 7.11 Å². The first-order valence-electron chi connectivity index (χ1n) is 10.6. The number of fused-ring (bicyclic) bond motifs is 3. The van der Waals surface area contributed by atoms with Crippen LogP contribution in [0, 0.1) is 5.92 Å². The van der Waals surface area contributed by atoms with Gasteiger partial charge in [0.1, 0.15) is 0 Å². The lowest BCUT2D eigenvalue weighted by atomic mass is 9.51. The third-order valence-corrected chi connectivity index (χ3v) is 7.32. The molecule has 0 aliphatic heterocycles. The van der Waals surface area contributed by atoms with E-state index in [1.165, 1.54) is 18.2 Å². The van der Waals surface area contributed by atoms with Crippen LogP contribution in [0.1, 0.15) is 66.1 Å². The van der Waals surface area contributed by atoms with Gasteiger partial charge in [0, 0.05) is 5.41 Å². The summed E-state index contributed by atoms with van der Waals surface area (Å²) in [6.45, 7) is 6.43. The fraction of sp³-hybridized carbons (Fsp3) is 0.423. The molecular weight excluding hydrogens is 360 g/mol. The van der Waals surface area contributed by atoms with E-state index in [1.807, 2.05) is 12.1 Å². The van der Waals surface area contributed by atoms with Gasteiger partial charge >= 0.3 is 5.97 Å². The first-order valence-corrected chi connectivity index (χ1v) is 10.6. The van der Waals surface area contributed by atoms with Crippen molar-refractivity contribution in [3.63, 3.8) is 0 Å². The first-order chi connectivity index (χ1) is 13.9. The Hall–Kier alpha value is -2.39. The number of allylic oxidation sites excluding steroid dienone is 1. The number of esters is 1. The quantitative estimate of drug-likeness (QED) is 0.720. The van der Waals surface area contributed by atoms with Crippen LogP contribution in [0.5, 0.6) is 0 Å². The van der Waals surface area contributed by atoms with Crippen LogP contribution in [0.4, 0.5) is 0 Å². The van der Waals surface area contributed by atoms with Crippen LogP contribution in [0.25, 0.3) is 5.57 Å². The summed E-state index contributed by atoms with van der Waals surface area (Å²) in [5.41, 5.74) is 4.66. The molecule has 0 aromatic heterocycles. The van der Waals surface area contributed by atoms with E-state index in [-0.39, 0.29) is 11.4 Å². The van der Waals surface area contributed by atoms with Crippen molar-refractivity contribution in [3.8, 4) is 0 Å². The summed E-state index contributed by atoms with van der Waals surface area (Å²) in [5, 5.41) is 11.1. The van der Waals surface area contributed by atoms with Gasteiger partial charge in [0.15, 0.2) is 0 Å². The average Bonchev–Trinajstić information content (AvgIpc) is 2.75. The number of aliphatic hydroxyl groups is 1. The summed E-state index contributed by atoms with van der Waals surface area (Å²) in [6.07, 6.45) is 5.12. The normalized spacial score (nSPS) is 28.4. The fourth-order valence-corrected chi connectivity index (χ4v) is 5.57. The van der Waals surface area contributed by atoms with E-state index in [4.69, 9.17) is 4.74 Å². The highest BCUT2D eigenvalue weighted by Crippen LogP contribution is 2.57. The van der Waals surface area contributed by atoms with E-state index < -0.39 is 5.60 Å². The molecule has 4 rings (SSSR count). The zero-order valence-electron chi connectivity index (χ0n) is 17.4. The number of methoxy groups -OCH3 is 1. The van der Waals surface area contributed by atoms with Gasteiger partial charge in [0.25, 0.3) is 0 Å². The molecule has 1 fully saturated rings. The molecule has 2 aliphatic rings. The number of hydrogen-bond donors (Lipinski definition) is 1. The molecule has 0 radical (unpaired) electrons. The fourth-order valence-electron chi connectivity index (χ4n) is 5.57. The van der Waals surface area contributed by atoms with Crippen molar-refractivity contribution in [3.05, 3.63) is 77.4 Å². The zero-order chi connectivity index (χ0) is 20.6. The van der Waals surface area contributed by atoms with Gasteiger partial charge < -0.3 is 9.84 Å². The van der Waals surface area contributed by atoms with Gasteiger partial charge in [0.05, 0.1) is 18.3 Å². The Bertz CT molecular complexity index is 932. The van der Waals surface area contributed by atoms with Crippen LogP contribution in [0.3, 0.4) is 0 Å². The van der Waals surface area contributed by atoms with Crippen LogP contribution in [0.15, 0.2) is 55.1 Å². The molecule has 3 unspecified atom stereocenters. The number of benzene rings is 2. The van der Waals surface area contributed by atoms with Gasteiger partial charge in [-0.2, -0.15) is 0 Å². The summed E-state index contributed by atoms with van der Waals surface area (Å²) in [5.74, 6) is 0.0224. The molecular formula is C26H30O3. The highest BCUT2D eigenvalue weighted by Gasteiger charge is 2.51. The molecule has 2 aliphatic carbocycles. The zero-order valence-corrected chi connectivity index (χ0v) is 17.4. The van der Waals surface area contributed by atoms with Gasteiger partial charge in [0.2, 0.25) is 0 Å². The summed E-state index contributed by atoms with van der Waals surface area (Å²) in [7, 11) is 1.41. The standard InChI is InChI=1S/C26H30O3/c1-4-25(28)12-13-26(16-19-8-6-5-7-9-19)21(17-25)14-18(2)22-15-20(24(27)29-3)10-11-23(22)26/h5-11,15,21,28H,2,4,12-14,16-17H2,1,3H3. The van der Waals surface area contributed by atoms with E-state index in [2.05, 4.69) is 49.9 Å². The molecule has 0 heterocycles. The van der Waals surface area contributed by atoms with Crippen molar-refractivity contribution >= 4 is 11.5 Å². The topological polar surface area (TPSA) is 46.5 Å². The number of carbonyl (C=O) groups is 1. The monoisotopic (exact) mass is 390 g/mol. The average molecular weight is 391 g/mol. The van der Waals surface area contributed by atoms with Gasteiger partial charge in [-0.1, -0.05) is 49.9 Å². The largest absolute Gasteiger partial charge is 0.465 e. The molecule has 2 aromatic carbocycles. The van der Waals surface area contributed by atoms with E-state index in [0.717, 1.165) is 49.7 Å². The summed E-state index contributed by atoms with van der Waals surface area (Å²) in [6, 6.07) is 16.6. The third kappa shape index (κ3) is 3.42. The molecule has 0 amide bonds. The van der Waals surface area contributed by atoms with Crippen LogP contribution >= 0.6 is 0 Å². The minimum absolute atomic E-state index is 0.0477. The molecule has 0 spiro atoms. The van der Waals surface area contributed by atoms with Crippen molar-refractivity contribution in [1.29, 1.82) is 0 Å². The Balaban J connectivity index is 1.84. The maximum absolute atomic E-state index is 12.1. The number of rotatable bonds is 4. The minimum Gasteiger partial charge on any atom is -0.465 e. The maximum Gasteiger partial charge on any atom is 0.337 e. The lowest BCUT2D eigenvalue weighted by molar-refractivity contribution is -0.0485. The predicted octanol–water partition coefficient (Wildman–Crippen LogP) is 5.31. The molecule has 152 valence electrons. The third-order valence-electron chi connectivity index (χ3n) is 7.32. The molecule has 29 heavy (non-hydrogen) atoms. The van der Waals surface area contributed by atoms with Crippen molar-refractivity contribution in [1.82, 2.24) is 0 Å². The highest BCUT2D eigenvalue weighted by molar-refractivity contribution is 5.91. The Morgan fingerprint density at radius 1 is 1.21 bits per heavy atom. The summed E-state index contributed by atoms with van der Waals surface area (Å²) < 4.78 is 4.93. The number of hydrogen-bond acceptors (Lipinski definition) is 3. The predicted molar refractivity (Wildman–Crippen MR) is 116 cm³/mol. The SMILES string of the molecule is C=C1CC2CC(O)(CC)CCC2(Cc2ccccc2)c2ccc(C(=O)OC)cc21. The lowest BCUT2D eigenvalue weighted by Crippen LogP contribution is -2.50. The lowest BCUT2D eigenvalue weighted by Gasteiger charge is -2.54. The van der Waals surface area contributed by atoms with Gasteiger partial charge in [-0.05, 0) is 78.8 Å². The first kappa shape index (κ1) is 19.9. The molecule has 1 saturated carbocycles. The molecule has 3 nitrogen and oxygen atoms in total.